The highest BCUT2D eigenvalue weighted by atomic mass is 19.4. The van der Waals surface area contributed by atoms with Gasteiger partial charge >= 0.3 is 18.5 Å². The van der Waals surface area contributed by atoms with Gasteiger partial charge in [-0.1, -0.05) is 30.3 Å². The minimum absolute atomic E-state index is 0.513. The second kappa shape index (κ2) is 6.17. The highest BCUT2D eigenvalue weighted by Crippen LogP contribution is 2.50. The van der Waals surface area contributed by atoms with E-state index in [-0.39, 0.29) is 0 Å². The Morgan fingerprint density at radius 2 is 1.29 bits per heavy atom. The number of hydrogen-bond donors (Lipinski definition) is 1. The Hall–Kier alpha value is -1.94. The lowest BCUT2D eigenvalue weighted by molar-refractivity contribution is -0.320. The molecule has 0 aliphatic carbocycles. The maximum atomic E-state index is 13.0. The van der Waals surface area contributed by atoms with Gasteiger partial charge in [-0.25, -0.2) is 0 Å². The van der Waals surface area contributed by atoms with Gasteiger partial charge in [-0.15, -0.1) is 0 Å². The largest absolute Gasteiger partial charge is 0.412 e. The number of halogens is 9. The molecule has 0 unspecified atom stereocenters. The van der Waals surface area contributed by atoms with Crippen LogP contribution in [0.3, 0.4) is 0 Å². The van der Waals surface area contributed by atoms with Crippen LogP contribution >= 0.6 is 0 Å². The fourth-order valence-corrected chi connectivity index (χ4v) is 1.69. The molecule has 0 bridgehead atoms. The summed E-state index contributed by atoms with van der Waals surface area (Å²) in [6, 6.07) is 2.08. The van der Waals surface area contributed by atoms with Gasteiger partial charge in [-0.05, 0) is 12.5 Å². The van der Waals surface area contributed by atoms with Gasteiger partial charge < -0.3 is 5.32 Å². The maximum Gasteiger partial charge on any atom is 0.412 e. The third-order valence-corrected chi connectivity index (χ3v) is 3.32. The van der Waals surface area contributed by atoms with Gasteiger partial charge in [0.2, 0.25) is 11.3 Å². The van der Waals surface area contributed by atoms with Crippen LogP contribution in [-0.4, -0.2) is 24.4 Å². The van der Waals surface area contributed by atoms with Crippen LogP contribution in [0.5, 0.6) is 0 Å². The third-order valence-electron chi connectivity index (χ3n) is 3.32. The Balaban J connectivity index is 3.30. The van der Waals surface area contributed by atoms with Crippen molar-refractivity contribution in [1.29, 1.82) is 0 Å². The predicted octanol–water partition coefficient (Wildman–Crippen LogP) is 4.54. The molecule has 0 spiro atoms. The van der Waals surface area contributed by atoms with E-state index in [1.54, 1.807) is 0 Å². The summed E-state index contributed by atoms with van der Waals surface area (Å²) in [5.74, 6) is -2.84. The van der Waals surface area contributed by atoms with Crippen molar-refractivity contribution < 1.29 is 44.3 Å². The highest BCUT2D eigenvalue weighted by molar-refractivity contribution is 5.84. The van der Waals surface area contributed by atoms with Crippen molar-refractivity contribution in [3.05, 3.63) is 35.9 Å². The molecule has 1 aromatic rings. The first kappa shape index (κ1) is 20.1. The Kier molecular flexibility index (Phi) is 5.17. The quantitative estimate of drug-likeness (QED) is 0.781. The summed E-state index contributed by atoms with van der Waals surface area (Å²) in [5, 5.41) is 0.823. The first-order chi connectivity index (χ1) is 10.6. The standard InChI is InChI=1S/C13H10F9NO/c1-10(12(17,18)19,13(20,21)22)9(24)23-8(11(14,15)16)7-5-3-2-4-6-7/h2-6,8H,1H3,(H,23,24)/t8-/m1/s1. The number of hydrogen-bond acceptors (Lipinski definition) is 1. The second-order valence-electron chi connectivity index (χ2n) is 4.98. The average Bonchev–Trinajstić information content (AvgIpc) is 2.40. The first-order valence-corrected chi connectivity index (χ1v) is 6.18. The molecule has 0 heterocycles. The SMILES string of the molecule is CC(C(=O)N[C@H](c1ccccc1)C(F)(F)F)(C(F)(F)F)C(F)(F)F. The van der Waals surface area contributed by atoms with Gasteiger partial charge in [-0.2, -0.15) is 39.5 Å². The molecule has 0 fully saturated rings. The van der Waals surface area contributed by atoms with Crippen LogP contribution in [0.1, 0.15) is 18.5 Å². The van der Waals surface area contributed by atoms with E-state index in [9.17, 15) is 44.3 Å². The summed E-state index contributed by atoms with van der Waals surface area (Å²) in [7, 11) is 0. The van der Waals surface area contributed by atoms with E-state index in [1.165, 1.54) is 6.07 Å². The van der Waals surface area contributed by atoms with E-state index in [0.29, 0.717) is 0 Å². The molecule has 0 aromatic heterocycles. The minimum Gasteiger partial charge on any atom is -0.340 e. The number of rotatable bonds is 3. The molecule has 0 saturated heterocycles. The first-order valence-electron chi connectivity index (χ1n) is 6.18. The normalized spacial score (nSPS) is 15.1. The summed E-state index contributed by atoms with van der Waals surface area (Å²) in [6.07, 6.45) is -17.6. The summed E-state index contributed by atoms with van der Waals surface area (Å²) in [4.78, 5) is 11.5. The summed E-state index contributed by atoms with van der Waals surface area (Å²) < 4.78 is 115. The van der Waals surface area contributed by atoms with Crippen LogP contribution in [0, 0.1) is 5.41 Å². The Bertz CT molecular complexity index is 560. The number of alkyl halides is 9. The van der Waals surface area contributed by atoms with Crippen LogP contribution in [-0.2, 0) is 4.79 Å². The average molecular weight is 367 g/mol. The van der Waals surface area contributed by atoms with Crippen molar-refractivity contribution >= 4 is 5.91 Å². The van der Waals surface area contributed by atoms with Gasteiger partial charge in [0.15, 0.2) is 6.04 Å². The number of carbonyl (C=O) groups excluding carboxylic acids is 1. The molecule has 1 atom stereocenters. The monoisotopic (exact) mass is 367 g/mol. The van der Waals surface area contributed by atoms with E-state index < -0.39 is 48.4 Å². The molecule has 24 heavy (non-hydrogen) atoms. The molecule has 1 aromatic carbocycles. The smallest absolute Gasteiger partial charge is 0.340 e. The van der Waals surface area contributed by atoms with Gasteiger partial charge in [0.1, 0.15) is 0 Å². The molecule has 1 N–H and O–H groups in total. The molecular weight excluding hydrogens is 357 g/mol. The zero-order valence-corrected chi connectivity index (χ0v) is 11.8. The Morgan fingerprint density at radius 3 is 1.62 bits per heavy atom. The minimum atomic E-state index is -6.14. The van der Waals surface area contributed by atoms with Crippen LogP contribution in [0.2, 0.25) is 0 Å². The lowest BCUT2D eigenvalue weighted by atomic mass is 9.87. The van der Waals surface area contributed by atoms with Crippen LogP contribution < -0.4 is 5.32 Å². The maximum absolute atomic E-state index is 13.0. The van der Waals surface area contributed by atoms with Crippen molar-refractivity contribution in [2.75, 3.05) is 0 Å². The summed E-state index contributed by atoms with van der Waals surface area (Å²) in [5.41, 5.74) is -5.69. The molecule has 1 amide bonds. The van der Waals surface area contributed by atoms with Gasteiger partial charge in [-0.3, -0.25) is 4.79 Å². The second-order valence-corrected chi connectivity index (χ2v) is 4.98. The molecule has 0 aliphatic rings. The fraction of sp³-hybridized carbons (Fsp3) is 0.462. The van der Waals surface area contributed by atoms with Gasteiger partial charge in [0.05, 0.1) is 0 Å². The molecule has 0 saturated carbocycles. The molecule has 0 aliphatic heterocycles. The van der Waals surface area contributed by atoms with Crippen LogP contribution in [0.25, 0.3) is 0 Å². The molecule has 11 heteroatoms. The molecule has 136 valence electrons. The molecular formula is C13H10F9NO. The van der Waals surface area contributed by atoms with Crippen molar-refractivity contribution in [3.63, 3.8) is 0 Å². The Labute approximate surface area is 129 Å². The molecule has 2 nitrogen and oxygen atoms in total. The zero-order chi connectivity index (χ0) is 19.0. The van der Waals surface area contributed by atoms with E-state index in [0.717, 1.165) is 29.6 Å². The summed E-state index contributed by atoms with van der Waals surface area (Å²) >= 11 is 0. The van der Waals surface area contributed by atoms with E-state index in [1.807, 2.05) is 0 Å². The van der Waals surface area contributed by atoms with E-state index in [4.69, 9.17) is 0 Å². The van der Waals surface area contributed by atoms with Crippen molar-refractivity contribution in [3.8, 4) is 0 Å². The van der Waals surface area contributed by atoms with E-state index in [2.05, 4.69) is 0 Å². The zero-order valence-electron chi connectivity index (χ0n) is 11.8. The number of carbonyl (C=O) groups is 1. The number of nitrogens with one attached hydrogen (secondary N) is 1. The van der Waals surface area contributed by atoms with E-state index >= 15 is 0 Å². The lowest BCUT2D eigenvalue weighted by Gasteiger charge is -2.34. The molecule has 1 rings (SSSR count). The number of amides is 1. The van der Waals surface area contributed by atoms with Crippen molar-refractivity contribution in [2.45, 2.75) is 31.5 Å². The topological polar surface area (TPSA) is 29.1 Å². The highest BCUT2D eigenvalue weighted by Gasteiger charge is 2.72. The van der Waals surface area contributed by atoms with Crippen LogP contribution in [0.4, 0.5) is 39.5 Å². The number of benzene rings is 1. The fourth-order valence-electron chi connectivity index (χ4n) is 1.69. The van der Waals surface area contributed by atoms with Crippen LogP contribution in [0.15, 0.2) is 30.3 Å². The van der Waals surface area contributed by atoms with Gasteiger partial charge in [0.25, 0.3) is 0 Å². The predicted molar refractivity (Wildman–Crippen MR) is 63.6 cm³/mol. The van der Waals surface area contributed by atoms with Gasteiger partial charge in [0, 0.05) is 0 Å². The van der Waals surface area contributed by atoms with Crippen molar-refractivity contribution in [1.82, 2.24) is 5.32 Å². The lowest BCUT2D eigenvalue weighted by Crippen LogP contribution is -2.59. The van der Waals surface area contributed by atoms with Crippen molar-refractivity contribution in [2.24, 2.45) is 5.41 Å². The summed E-state index contributed by atoms with van der Waals surface area (Å²) in [6.45, 7) is -0.513. The Morgan fingerprint density at radius 1 is 0.875 bits per heavy atom. The molecule has 0 radical (unpaired) electrons. The third kappa shape index (κ3) is 3.75.